The van der Waals surface area contributed by atoms with E-state index in [2.05, 4.69) is 4.98 Å². The van der Waals surface area contributed by atoms with Crippen molar-refractivity contribution in [3.05, 3.63) is 31.1 Å². The van der Waals surface area contributed by atoms with Gasteiger partial charge in [0.25, 0.3) is 12.3 Å². The molecule has 0 bridgehead atoms. The molecule has 0 aromatic carbocycles. The molecule has 0 spiro atoms. The first-order chi connectivity index (χ1) is 7.36. The molecular weight excluding hydrogens is 339 g/mol. The zero-order chi connectivity index (χ0) is 12.5. The normalized spacial score (nSPS) is 10.5. The lowest BCUT2D eigenvalue weighted by Gasteiger charge is -2.05. The SMILES string of the molecule is NC(=O)c1ncc(C(F)F)c(I)c1[N+](=O)[O-]. The number of nitrogens with zero attached hydrogens (tertiary/aromatic N) is 2. The molecule has 1 aromatic rings. The van der Waals surface area contributed by atoms with Gasteiger partial charge in [-0.25, -0.2) is 13.8 Å². The highest BCUT2D eigenvalue weighted by Crippen LogP contribution is 2.32. The minimum absolute atomic E-state index is 0.332. The Morgan fingerprint density at radius 1 is 1.62 bits per heavy atom. The van der Waals surface area contributed by atoms with Crippen molar-refractivity contribution in [2.45, 2.75) is 6.43 Å². The van der Waals surface area contributed by atoms with E-state index in [0.717, 1.165) is 0 Å². The van der Waals surface area contributed by atoms with Crippen LogP contribution in [0.3, 0.4) is 0 Å². The van der Waals surface area contributed by atoms with Crippen LogP contribution in [0.5, 0.6) is 0 Å². The number of carbonyl (C=O) groups excluding carboxylic acids is 1. The maximum atomic E-state index is 12.4. The summed E-state index contributed by atoms with van der Waals surface area (Å²) in [6.45, 7) is 0. The molecule has 1 aromatic heterocycles. The van der Waals surface area contributed by atoms with Crippen LogP contribution >= 0.6 is 22.6 Å². The Bertz CT molecular complexity index is 466. The minimum Gasteiger partial charge on any atom is -0.364 e. The van der Waals surface area contributed by atoms with Gasteiger partial charge in [-0.1, -0.05) is 0 Å². The second-order valence-corrected chi connectivity index (χ2v) is 3.73. The van der Waals surface area contributed by atoms with Crippen LogP contribution in [-0.2, 0) is 0 Å². The van der Waals surface area contributed by atoms with E-state index in [1.54, 1.807) is 0 Å². The van der Waals surface area contributed by atoms with Crippen LogP contribution in [0.2, 0.25) is 0 Å². The largest absolute Gasteiger partial charge is 0.364 e. The zero-order valence-corrected chi connectivity index (χ0v) is 9.64. The van der Waals surface area contributed by atoms with Gasteiger partial charge in [0, 0.05) is 6.20 Å². The van der Waals surface area contributed by atoms with E-state index >= 15 is 0 Å². The van der Waals surface area contributed by atoms with Crippen LogP contribution in [0.15, 0.2) is 6.20 Å². The van der Waals surface area contributed by atoms with Crippen LogP contribution in [0.25, 0.3) is 0 Å². The number of rotatable bonds is 3. The minimum atomic E-state index is -2.90. The lowest BCUT2D eigenvalue weighted by molar-refractivity contribution is -0.386. The third kappa shape index (κ3) is 2.23. The summed E-state index contributed by atoms with van der Waals surface area (Å²) in [4.78, 5) is 23.8. The van der Waals surface area contributed by atoms with Gasteiger partial charge in [0.05, 0.1) is 10.5 Å². The maximum Gasteiger partial charge on any atom is 0.314 e. The second-order valence-electron chi connectivity index (χ2n) is 2.65. The van der Waals surface area contributed by atoms with Crippen molar-refractivity contribution in [2.75, 3.05) is 0 Å². The van der Waals surface area contributed by atoms with Crippen molar-refractivity contribution >= 4 is 34.2 Å². The number of primary amides is 1. The van der Waals surface area contributed by atoms with Crippen molar-refractivity contribution in [3.8, 4) is 0 Å². The number of halogens is 3. The lowest BCUT2D eigenvalue weighted by Crippen LogP contribution is -2.17. The number of nitro groups is 1. The van der Waals surface area contributed by atoms with E-state index in [4.69, 9.17) is 5.73 Å². The predicted molar refractivity (Wildman–Crippen MR) is 57.1 cm³/mol. The first kappa shape index (κ1) is 12.7. The van der Waals surface area contributed by atoms with Gasteiger partial charge in [-0.05, 0) is 22.6 Å². The van der Waals surface area contributed by atoms with E-state index in [0.29, 0.717) is 6.20 Å². The Labute approximate surface area is 101 Å². The topological polar surface area (TPSA) is 99.1 Å². The van der Waals surface area contributed by atoms with Crippen molar-refractivity contribution in [1.29, 1.82) is 0 Å². The zero-order valence-electron chi connectivity index (χ0n) is 7.49. The predicted octanol–water partition coefficient (Wildman–Crippen LogP) is 1.63. The van der Waals surface area contributed by atoms with E-state index in [9.17, 15) is 23.7 Å². The molecule has 86 valence electrons. The number of hydrogen-bond donors (Lipinski definition) is 1. The quantitative estimate of drug-likeness (QED) is 0.512. The van der Waals surface area contributed by atoms with E-state index in [1.807, 2.05) is 0 Å². The van der Waals surface area contributed by atoms with Gasteiger partial charge in [-0.2, -0.15) is 0 Å². The highest BCUT2D eigenvalue weighted by atomic mass is 127. The maximum absolute atomic E-state index is 12.4. The molecule has 0 unspecified atom stereocenters. The molecule has 0 atom stereocenters. The Balaban J connectivity index is 3.54. The summed E-state index contributed by atoms with van der Waals surface area (Å²) in [6, 6.07) is 0. The third-order valence-electron chi connectivity index (χ3n) is 1.67. The molecule has 0 aliphatic heterocycles. The molecule has 0 aliphatic carbocycles. The van der Waals surface area contributed by atoms with Gasteiger partial charge in [0.1, 0.15) is 3.57 Å². The van der Waals surface area contributed by atoms with Crippen molar-refractivity contribution in [1.82, 2.24) is 4.98 Å². The number of carbonyl (C=O) groups is 1. The molecule has 1 rings (SSSR count). The van der Waals surface area contributed by atoms with Crippen LogP contribution < -0.4 is 5.73 Å². The van der Waals surface area contributed by atoms with Gasteiger partial charge in [0.2, 0.25) is 5.69 Å². The van der Waals surface area contributed by atoms with Crippen molar-refractivity contribution in [3.63, 3.8) is 0 Å². The summed E-state index contributed by atoms with van der Waals surface area (Å²) >= 11 is 1.36. The van der Waals surface area contributed by atoms with E-state index in [-0.39, 0.29) is 3.57 Å². The molecule has 16 heavy (non-hydrogen) atoms. The van der Waals surface area contributed by atoms with Crippen LogP contribution in [0.1, 0.15) is 22.5 Å². The fourth-order valence-electron chi connectivity index (χ4n) is 0.992. The van der Waals surface area contributed by atoms with Gasteiger partial charge >= 0.3 is 5.69 Å². The Morgan fingerprint density at radius 2 is 2.19 bits per heavy atom. The molecule has 0 saturated heterocycles. The summed E-state index contributed by atoms with van der Waals surface area (Å²) in [7, 11) is 0. The standard InChI is InChI=1S/C7H4F2IN3O3/c8-6(9)2-1-12-4(7(11)14)5(3(2)10)13(15)16/h1,6H,(H2,11,14). The fourth-order valence-corrected chi connectivity index (χ4v) is 1.82. The summed E-state index contributed by atoms with van der Waals surface area (Å²) in [5.41, 5.74) is 2.84. The van der Waals surface area contributed by atoms with Gasteiger partial charge in [-0.15, -0.1) is 0 Å². The van der Waals surface area contributed by atoms with Gasteiger partial charge in [0.15, 0.2) is 0 Å². The molecule has 6 nitrogen and oxygen atoms in total. The number of hydrogen-bond acceptors (Lipinski definition) is 4. The molecule has 9 heteroatoms. The van der Waals surface area contributed by atoms with Gasteiger partial charge in [-0.3, -0.25) is 14.9 Å². The highest BCUT2D eigenvalue weighted by molar-refractivity contribution is 14.1. The van der Waals surface area contributed by atoms with E-state index in [1.165, 1.54) is 22.6 Å². The van der Waals surface area contributed by atoms with Crippen molar-refractivity contribution in [2.24, 2.45) is 5.73 Å². The molecule has 0 aliphatic rings. The third-order valence-corrected chi connectivity index (χ3v) is 2.80. The Hall–Kier alpha value is -1.39. The van der Waals surface area contributed by atoms with Crippen LogP contribution in [0, 0.1) is 13.7 Å². The first-order valence-corrected chi connectivity index (χ1v) is 4.84. The number of pyridine rings is 1. The number of aromatic nitrogens is 1. The summed E-state index contributed by atoms with van der Waals surface area (Å²) in [6.07, 6.45) is -2.19. The summed E-state index contributed by atoms with van der Waals surface area (Å²) < 4.78 is 24.5. The molecule has 0 radical (unpaired) electrons. The Kier molecular flexibility index (Phi) is 3.67. The fraction of sp³-hybridized carbons (Fsp3) is 0.143. The monoisotopic (exact) mass is 343 g/mol. The Morgan fingerprint density at radius 3 is 2.56 bits per heavy atom. The molecule has 0 fully saturated rings. The van der Waals surface area contributed by atoms with Crippen molar-refractivity contribution < 1.29 is 18.5 Å². The average molecular weight is 343 g/mol. The smallest absolute Gasteiger partial charge is 0.314 e. The average Bonchev–Trinajstić information content (AvgIpc) is 2.15. The molecule has 1 heterocycles. The lowest BCUT2D eigenvalue weighted by atomic mass is 10.2. The second kappa shape index (κ2) is 4.63. The molecule has 2 N–H and O–H groups in total. The highest BCUT2D eigenvalue weighted by Gasteiger charge is 2.28. The molecular formula is C7H4F2IN3O3. The number of amides is 1. The van der Waals surface area contributed by atoms with Gasteiger partial charge < -0.3 is 5.73 Å². The number of nitrogens with two attached hydrogens (primary N) is 1. The first-order valence-electron chi connectivity index (χ1n) is 3.77. The van der Waals surface area contributed by atoms with Crippen LogP contribution in [-0.4, -0.2) is 15.8 Å². The summed E-state index contributed by atoms with van der Waals surface area (Å²) in [5.74, 6) is -1.13. The number of alkyl halides is 2. The molecule has 1 amide bonds. The van der Waals surface area contributed by atoms with Crippen LogP contribution in [0.4, 0.5) is 14.5 Å². The van der Waals surface area contributed by atoms with E-state index < -0.39 is 34.2 Å². The summed E-state index contributed by atoms with van der Waals surface area (Å²) in [5, 5.41) is 10.6. The molecule has 0 saturated carbocycles.